The molecule has 4 aromatic rings. The lowest BCUT2D eigenvalue weighted by molar-refractivity contribution is 0.596. The Morgan fingerprint density at radius 3 is 2.43 bits per heavy atom. The van der Waals surface area contributed by atoms with E-state index < -0.39 is 9.84 Å². The van der Waals surface area contributed by atoms with Crippen molar-refractivity contribution in [2.24, 2.45) is 0 Å². The molecule has 0 aliphatic rings. The quantitative estimate of drug-likeness (QED) is 0.537. The summed E-state index contributed by atoms with van der Waals surface area (Å²) in [5.74, 6) is 0. The number of hydrogen-bond donors (Lipinski definition) is 1. The van der Waals surface area contributed by atoms with Gasteiger partial charge < -0.3 is 5.32 Å². The van der Waals surface area contributed by atoms with Crippen LogP contribution in [0.3, 0.4) is 0 Å². The molecular weight excluding hydrogens is 370 g/mol. The van der Waals surface area contributed by atoms with Crippen LogP contribution in [-0.2, 0) is 16.3 Å². The van der Waals surface area contributed by atoms with Crippen molar-refractivity contribution in [3.05, 3.63) is 90.9 Å². The number of benzene rings is 2. The fourth-order valence-corrected chi connectivity index (χ4v) is 4.32. The van der Waals surface area contributed by atoms with E-state index in [9.17, 15) is 8.42 Å². The second kappa shape index (κ2) is 7.78. The first-order chi connectivity index (χ1) is 13.6. The summed E-state index contributed by atoms with van der Waals surface area (Å²) in [5.41, 5.74) is 2.84. The van der Waals surface area contributed by atoms with Gasteiger partial charge in [0.1, 0.15) is 0 Å². The van der Waals surface area contributed by atoms with Crippen molar-refractivity contribution < 1.29 is 8.42 Å². The number of nitrogens with zero attached hydrogens (tertiary/aromatic N) is 2. The lowest BCUT2D eigenvalue weighted by Gasteiger charge is -2.11. The Morgan fingerprint density at radius 1 is 0.857 bits per heavy atom. The molecular formula is C22H19N3O2S. The molecule has 5 nitrogen and oxygen atoms in total. The van der Waals surface area contributed by atoms with Gasteiger partial charge >= 0.3 is 0 Å². The molecule has 1 N–H and O–H groups in total. The summed E-state index contributed by atoms with van der Waals surface area (Å²) in [6, 6.07) is 19.8. The van der Waals surface area contributed by atoms with E-state index in [1.165, 1.54) is 11.8 Å². The fourth-order valence-electron chi connectivity index (χ4n) is 3.06. The van der Waals surface area contributed by atoms with E-state index >= 15 is 0 Å². The molecule has 0 unspecified atom stereocenters. The molecule has 0 aliphatic heterocycles. The van der Waals surface area contributed by atoms with E-state index in [0.29, 0.717) is 0 Å². The minimum atomic E-state index is -3.59. The third-order valence-corrected chi connectivity index (χ3v) is 6.26. The summed E-state index contributed by atoms with van der Waals surface area (Å²) in [5, 5.41) is 4.18. The van der Waals surface area contributed by atoms with Crippen molar-refractivity contribution in [1.29, 1.82) is 0 Å². The lowest BCUT2D eigenvalue weighted by atomic mass is 10.1. The van der Waals surface area contributed by atoms with Crippen LogP contribution in [0.2, 0.25) is 0 Å². The minimum Gasteiger partial charge on any atom is -0.383 e. The van der Waals surface area contributed by atoms with Crippen molar-refractivity contribution in [1.82, 2.24) is 9.97 Å². The van der Waals surface area contributed by atoms with Crippen LogP contribution in [0.15, 0.2) is 95.1 Å². The number of para-hydroxylation sites is 1. The third-order valence-electron chi connectivity index (χ3n) is 4.53. The van der Waals surface area contributed by atoms with E-state index in [4.69, 9.17) is 0 Å². The van der Waals surface area contributed by atoms with Gasteiger partial charge in [0.2, 0.25) is 9.84 Å². The highest BCUT2D eigenvalue weighted by Gasteiger charge is 2.18. The highest BCUT2D eigenvalue weighted by Crippen LogP contribution is 2.26. The maximum atomic E-state index is 12.8. The molecule has 2 heterocycles. The molecule has 0 atom stereocenters. The second-order valence-corrected chi connectivity index (χ2v) is 8.35. The summed E-state index contributed by atoms with van der Waals surface area (Å²) in [4.78, 5) is 8.93. The van der Waals surface area contributed by atoms with Crippen molar-refractivity contribution >= 4 is 26.4 Å². The number of nitrogens with one attached hydrogen (secondary N) is 1. The van der Waals surface area contributed by atoms with Gasteiger partial charge in [-0.3, -0.25) is 9.97 Å². The zero-order chi connectivity index (χ0) is 19.4. The van der Waals surface area contributed by atoms with E-state index in [1.54, 1.807) is 48.8 Å². The van der Waals surface area contributed by atoms with Gasteiger partial charge in [0.15, 0.2) is 0 Å². The highest BCUT2D eigenvalue weighted by molar-refractivity contribution is 7.91. The Morgan fingerprint density at radius 2 is 1.64 bits per heavy atom. The zero-order valence-corrected chi connectivity index (χ0v) is 15.9. The number of anilines is 1. The van der Waals surface area contributed by atoms with Crippen LogP contribution in [0.1, 0.15) is 5.56 Å². The van der Waals surface area contributed by atoms with Gasteiger partial charge in [0.25, 0.3) is 0 Å². The van der Waals surface area contributed by atoms with Gasteiger partial charge in [-0.2, -0.15) is 0 Å². The predicted molar refractivity (Wildman–Crippen MR) is 110 cm³/mol. The molecule has 0 amide bonds. The van der Waals surface area contributed by atoms with E-state index in [1.807, 2.05) is 30.3 Å². The Hall–Kier alpha value is -3.25. The zero-order valence-electron chi connectivity index (χ0n) is 15.1. The standard InChI is InChI=1S/C22H19N3O2S/c26-28(27,19-6-2-1-3-7-19)20-15-18-5-4-8-21(22(18)25-16-20)24-14-11-17-9-12-23-13-10-17/h1-10,12-13,15-16,24H,11,14H2. The van der Waals surface area contributed by atoms with Crippen LogP contribution in [-0.4, -0.2) is 24.9 Å². The first kappa shape index (κ1) is 18.1. The average Bonchev–Trinajstić information content (AvgIpc) is 2.75. The number of rotatable bonds is 6. The normalized spacial score (nSPS) is 11.4. The smallest absolute Gasteiger partial charge is 0.208 e. The Balaban J connectivity index is 1.60. The van der Waals surface area contributed by atoms with Crippen LogP contribution in [0, 0.1) is 0 Å². The molecule has 140 valence electrons. The minimum absolute atomic E-state index is 0.195. The first-order valence-corrected chi connectivity index (χ1v) is 10.4. The van der Waals surface area contributed by atoms with Gasteiger partial charge in [-0.05, 0) is 48.4 Å². The highest BCUT2D eigenvalue weighted by atomic mass is 32.2. The van der Waals surface area contributed by atoms with Crippen LogP contribution in [0.4, 0.5) is 5.69 Å². The Kier molecular flexibility index (Phi) is 5.04. The number of fused-ring (bicyclic) bond motifs is 1. The molecule has 0 spiro atoms. The van der Waals surface area contributed by atoms with Crippen molar-refractivity contribution in [2.75, 3.05) is 11.9 Å². The SMILES string of the molecule is O=S(=O)(c1ccccc1)c1cnc2c(NCCc3ccncc3)cccc2c1. The number of aromatic nitrogens is 2. The van der Waals surface area contributed by atoms with E-state index in [-0.39, 0.29) is 9.79 Å². The fraction of sp³-hybridized carbons (Fsp3) is 0.0909. The maximum Gasteiger partial charge on any atom is 0.208 e. The van der Waals surface area contributed by atoms with Gasteiger partial charge in [-0.1, -0.05) is 30.3 Å². The predicted octanol–water partition coefficient (Wildman–Crippen LogP) is 4.12. The summed E-state index contributed by atoms with van der Waals surface area (Å²) in [7, 11) is -3.59. The molecule has 0 bridgehead atoms. The van der Waals surface area contributed by atoms with Crippen molar-refractivity contribution in [2.45, 2.75) is 16.2 Å². The number of sulfone groups is 1. The van der Waals surface area contributed by atoms with E-state index in [0.717, 1.165) is 29.6 Å². The molecule has 0 radical (unpaired) electrons. The third kappa shape index (κ3) is 3.73. The second-order valence-electron chi connectivity index (χ2n) is 6.40. The molecule has 6 heteroatoms. The molecule has 0 fully saturated rings. The molecule has 2 aromatic carbocycles. The van der Waals surface area contributed by atoms with Crippen molar-refractivity contribution in [3.8, 4) is 0 Å². The summed E-state index contributed by atoms with van der Waals surface area (Å²) in [6.07, 6.45) is 5.85. The van der Waals surface area contributed by atoms with Gasteiger partial charge in [-0.25, -0.2) is 8.42 Å². The van der Waals surface area contributed by atoms with E-state index in [2.05, 4.69) is 15.3 Å². The molecule has 0 aliphatic carbocycles. The molecule has 2 aromatic heterocycles. The largest absolute Gasteiger partial charge is 0.383 e. The topological polar surface area (TPSA) is 72.0 Å². The molecule has 0 saturated heterocycles. The monoisotopic (exact) mass is 389 g/mol. The molecule has 4 rings (SSSR count). The molecule has 0 saturated carbocycles. The maximum absolute atomic E-state index is 12.8. The van der Waals surface area contributed by atoms with Gasteiger partial charge in [0.05, 0.1) is 21.0 Å². The summed E-state index contributed by atoms with van der Waals surface area (Å²) in [6.45, 7) is 0.745. The van der Waals surface area contributed by atoms with Crippen LogP contribution >= 0.6 is 0 Å². The van der Waals surface area contributed by atoms with Crippen LogP contribution in [0.5, 0.6) is 0 Å². The first-order valence-electron chi connectivity index (χ1n) is 8.96. The lowest BCUT2D eigenvalue weighted by Crippen LogP contribution is -2.06. The van der Waals surface area contributed by atoms with Gasteiger partial charge in [0, 0.05) is 30.5 Å². The van der Waals surface area contributed by atoms with Crippen LogP contribution in [0.25, 0.3) is 10.9 Å². The van der Waals surface area contributed by atoms with Crippen LogP contribution < -0.4 is 5.32 Å². The van der Waals surface area contributed by atoms with Crippen molar-refractivity contribution in [3.63, 3.8) is 0 Å². The number of pyridine rings is 2. The summed E-state index contributed by atoms with van der Waals surface area (Å²) < 4.78 is 25.7. The van der Waals surface area contributed by atoms with Gasteiger partial charge in [-0.15, -0.1) is 0 Å². The Labute approximate surface area is 164 Å². The Bertz CT molecular complexity index is 1190. The average molecular weight is 389 g/mol. The number of hydrogen-bond acceptors (Lipinski definition) is 5. The molecule has 28 heavy (non-hydrogen) atoms. The summed E-state index contributed by atoms with van der Waals surface area (Å²) >= 11 is 0.